The minimum atomic E-state index is 0.0150. The molecule has 1 aliphatic heterocycles. The highest BCUT2D eigenvalue weighted by molar-refractivity contribution is 5.97. The molecule has 88 valence electrons. The first kappa shape index (κ1) is 11.0. The smallest absolute Gasteiger partial charge is 0.274 e. The fourth-order valence-corrected chi connectivity index (χ4v) is 2.14. The maximum Gasteiger partial charge on any atom is 0.274 e. The molecule has 0 spiro atoms. The second-order valence-electron chi connectivity index (χ2n) is 4.41. The van der Waals surface area contributed by atoms with Gasteiger partial charge in [-0.15, -0.1) is 0 Å². The van der Waals surface area contributed by atoms with Crippen LogP contribution in [0, 0.1) is 5.92 Å². The fraction of sp³-hybridized carbons (Fsp3) is 0.636. The van der Waals surface area contributed by atoms with E-state index in [1.807, 2.05) is 11.8 Å². The first-order valence-corrected chi connectivity index (χ1v) is 5.74. The van der Waals surface area contributed by atoms with Gasteiger partial charge in [0.2, 0.25) is 0 Å². The van der Waals surface area contributed by atoms with Crippen molar-refractivity contribution < 1.29 is 4.79 Å². The lowest BCUT2D eigenvalue weighted by Crippen LogP contribution is -2.31. The summed E-state index contributed by atoms with van der Waals surface area (Å²) < 4.78 is 1.67. The summed E-state index contributed by atoms with van der Waals surface area (Å²) >= 11 is 0. The third-order valence-electron chi connectivity index (χ3n) is 3.08. The third-order valence-corrected chi connectivity index (χ3v) is 3.08. The Bertz CT molecular complexity index is 399. The number of aryl methyl sites for hydroxylation is 1. The van der Waals surface area contributed by atoms with Crippen LogP contribution < -0.4 is 5.73 Å². The van der Waals surface area contributed by atoms with E-state index in [1.165, 1.54) is 0 Å². The second-order valence-corrected chi connectivity index (χ2v) is 4.41. The number of amides is 1. The van der Waals surface area contributed by atoms with Gasteiger partial charge in [-0.1, -0.05) is 6.92 Å². The molecule has 1 atom stereocenters. The molecule has 0 bridgehead atoms. The van der Waals surface area contributed by atoms with Gasteiger partial charge >= 0.3 is 0 Å². The van der Waals surface area contributed by atoms with E-state index in [2.05, 4.69) is 12.0 Å². The van der Waals surface area contributed by atoms with Crippen LogP contribution in [-0.2, 0) is 6.54 Å². The van der Waals surface area contributed by atoms with E-state index >= 15 is 0 Å². The summed E-state index contributed by atoms with van der Waals surface area (Å²) in [6, 6.07) is 0. The Kier molecular flexibility index (Phi) is 2.85. The first-order chi connectivity index (χ1) is 7.63. The molecule has 2 rings (SSSR count). The van der Waals surface area contributed by atoms with Crippen molar-refractivity contribution in [2.75, 3.05) is 18.8 Å². The molecule has 1 aromatic heterocycles. The Labute approximate surface area is 95.2 Å². The molecule has 0 radical (unpaired) electrons. The van der Waals surface area contributed by atoms with E-state index in [4.69, 9.17) is 5.73 Å². The van der Waals surface area contributed by atoms with E-state index < -0.39 is 0 Å². The van der Waals surface area contributed by atoms with Gasteiger partial charge in [-0.05, 0) is 19.3 Å². The van der Waals surface area contributed by atoms with E-state index in [0.717, 1.165) is 19.5 Å². The van der Waals surface area contributed by atoms with E-state index in [1.54, 1.807) is 10.9 Å². The second kappa shape index (κ2) is 4.15. The number of hydrogen-bond acceptors (Lipinski definition) is 3. The molecule has 1 saturated heterocycles. The Hall–Kier alpha value is -1.52. The number of carbonyl (C=O) groups is 1. The third kappa shape index (κ3) is 1.77. The number of nitrogens with zero attached hydrogens (tertiary/aromatic N) is 3. The highest BCUT2D eigenvalue weighted by atomic mass is 16.2. The van der Waals surface area contributed by atoms with Crippen molar-refractivity contribution in [3.8, 4) is 0 Å². The van der Waals surface area contributed by atoms with Gasteiger partial charge in [-0.25, -0.2) is 0 Å². The lowest BCUT2D eigenvalue weighted by molar-refractivity contribution is 0.0777. The summed E-state index contributed by atoms with van der Waals surface area (Å²) in [5.74, 6) is 0.601. The van der Waals surface area contributed by atoms with Crippen LogP contribution in [0.2, 0.25) is 0 Å². The summed E-state index contributed by atoms with van der Waals surface area (Å²) in [7, 11) is 0. The van der Waals surface area contributed by atoms with Gasteiger partial charge in [0, 0.05) is 19.6 Å². The zero-order valence-corrected chi connectivity index (χ0v) is 9.81. The molecule has 2 heterocycles. The van der Waals surface area contributed by atoms with E-state index in [0.29, 0.717) is 23.8 Å². The molecule has 2 N–H and O–H groups in total. The minimum absolute atomic E-state index is 0.0150. The SMILES string of the molecule is CCn1ncc(N)c1C(=O)N1CCC(C)C1. The number of hydrogen-bond donors (Lipinski definition) is 1. The van der Waals surface area contributed by atoms with Crippen LogP contribution in [0.4, 0.5) is 5.69 Å². The van der Waals surface area contributed by atoms with Gasteiger partial charge in [0.15, 0.2) is 0 Å². The Morgan fingerprint density at radius 2 is 2.44 bits per heavy atom. The van der Waals surface area contributed by atoms with Crippen LogP contribution in [-0.4, -0.2) is 33.7 Å². The number of nitrogens with two attached hydrogens (primary N) is 1. The van der Waals surface area contributed by atoms with Crippen LogP contribution in [0.25, 0.3) is 0 Å². The average Bonchev–Trinajstić information content (AvgIpc) is 2.83. The lowest BCUT2D eigenvalue weighted by atomic mass is 10.2. The summed E-state index contributed by atoms with van der Waals surface area (Å²) in [4.78, 5) is 14.1. The van der Waals surface area contributed by atoms with Crippen molar-refractivity contribution in [2.45, 2.75) is 26.8 Å². The maximum atomic E-state index is 12.2. The predicted molar refractivity (Wildman–Crippen MR) is 62.0 cm³/mol. The van der Waals surface area contributed by atoms with E-state index in [-0.39, 0.29) is 5.91 Å². The zero-order valence-electron chi connectivity index (χ0n) is 9.81. The molecule has 16 heavy (non-hydrogen) atoms. The molecule has 5 nitrogen and oxygen atoms in total. The molecule has 1 aromatic rings. The highest BCUT2D eigenvalue weighted by Gasteiger charge is 2.27. The Morgan fingerprint density at radius 3 is 3.00 bits per heavy atom. The van der Waals surface area contributed by atoms with Gasteiger partial charge in [-0.2, -0.15) is 5.10 Å². The first-order valence-electron chi connectivity index (χ1n) is 5.74. The topological polar surface area (TPSA) is 64.2 Å². The van der Waals surface area contributed by atoms with E-state index in [9.17, 15) is 4.79 Å². The number of rotatable bonds is 2. The molecule has 0 aliphatic carbocycles. The summed E-state index contributed by atoms with van der Waals surface area (Å²) in [6.07, 6.45) is 2.63. The number of carbonyl (C=O) groups excluding carboxylic acids is 1. The molecular weight excluding hydrogens is 204 g/mol. The molecule has 1 aliphatic rings. The van der Waals surface area contributed by atoms with Crippen molar-refractivity contribution in [3.63, 3.8) is 0 Å². The van der Waals surface area contributed by atoms with Crippen molar-refractivity contribution in [2.24, 2.45) is 5.92 Å². The monoisotopic (exact) mass is 222 g/mol. The van der Waals surface area contributed by atoms with Crippen LogP contribution in [0.5, 0.6) is 0 Å². The highest BCUT2D eigenvalue weighted by Crippen LogP contribution is 2.20. The van der Waals surface area contributed by atoms with Crippen LogP contribution in [0.1, 0.15) is 30.8 Å². The number of likely N-dealkylation sites (tertiary alicyclic amines) is 1. The quantitative estimate of drug-likeness (QED) is 0.810. The Balaban J connectivity index is 2.23. The van der Waals surface area contributed by atoms with Crippen molar-refractivity contribution >= 4 is 11.6 Å². The minimum Gasteiger partial charge on any atom is -0.396 e. The summed E-state index contributed by atoms with van der Waals surface area (Å²) in [6.45, 7) is 6.44. The summed E-state index contributed by atoms with van der Waals surface area (Å²) in [5.41, 5.74) is 6.81. The van der Waals surface area contributed by atoms with Crippen LogP contribution in [0.15, 0.2) is 6.20 Å². The molecule has 0 aromatic carbocycles. The maximum absolute atomic E-state index is 12.2. The lowest BCUT2D eigenvalue weighted by Gasteiger charge is -2.16. The van der Waals surface area contributed by atoms with Crippen molar-refractivity contribution in [1.82, 2.24) is 14.7 Å². The van der Waals surface area contributed by atoms with Crippen LogP contribution >= 0.6 is 0 Å². The van der Waals surface area contributed by atoms with Gasteiger partial charge in [0.05, 0.1) is 11.9 Å². The largest absolute Gasteiger partial charge is 0.396 e. The molecular formula is C11H18N4O. The summed E-state index contributed by atoms with van der Waals surface area (Å²) in [5, 5.41) is 4.09. The molecule has 1 unspecified atom stereocenters. The van der Waals surface area contributed by atoms with Gasteiger partial charge in [0.1, 0.15) is 5.69 Å². The Morgan fingerprint density at radius 1 is 1.69 bits per heavy atom. The predicted octanol–water partition coefficient (Wildman–Crippen LogP) is 0.967. The normalized spacial score (nSPS) is 20.4. The van der Waals surface area contributed by atoms with Crippen molar-refractivity contribution in [1.29, 1.82) is 0 Å². The number of nitrogen functional groups attached to an aromatic ring is 1. The molecule has 1 amide bonds. The average molecular weight is 222 g/mol. The fourth-order valence-electron chi connectivity index (χ4n) is 2.14. The number of aromatic nitrogens is 2. The van der Waals surface area contributed by atoms with Crippen LogP contribution in [0.3, 0.4) is 0 Å². The van der Waals surface area contributed by atoms with Gasteiger partial charge < -0.3 is 10.6 Å². The van der Waals surface area contributed by atoms with Gasteiger partial charge in [-0.3, -0.25) is 9.48 Å². The molecule has 1 fully saturated rings. The molecule has 0 saturated carbocycles. The standard InChI is InChI=1S/C11H18N4O/c1-3-15-10(9(12)6-13-15)11(16)14-5-4-8(2)7-14/h6,8H,3-5,7,12H2,1-2H3. The zero-order chi connectivity index (χ0) is 11.7. The molecule has 5 heteroatoms. The van der Waals surface area contributed by atoms with Gasteiger partial charge in [0.25, 0.3) is 5.91 Å². The van der Waals surface area contributed by atoms with Crippen molar-refractivity contribution in [3.05, 3.63) is 11.9 Å². The number of anilines is 1.